The van der Waals surface area contributed by atoms with Crippen molar-refractivity contribution in [2.24, 2.45) is 5.14 Å². The van der Waals surface area contributed by atoms with Gasteiger partial charge in [0, 0.05) is 12.0 Å². The first-order chi connectivity index (χ1) is 6.95. The van der Waals surface area contributed by atoms with Gasteiger partial charge in [-0.3, -0.25) is 4.79 Å². The molecular weight excluding hydrogens is 214 g/mol. The van der Waals surface area contributed by atoms with Crippen LogP contribution in [-0.2, 0) is 10.0 Å². The molecule has 0 aliphatic carbocycles. The fourth-order valence-electron chi connectivity index (χ4n) is 1.20. The molecule has 0 aliphatic rings. The summed E-state index contributed by atoms with van der Waals surface area (Å²) in [5.41, 5.74) is 0.518. The van der Waals surface area contributed by atoms with Crippen LogP contribution in [0.3, 0.4) is 0 Å². The molecule has 0 saturated carbocycles. The standard InChI is InChI=1S/C10H13NO3S/c1-2-3-10(12)8-4-6-9(7-5-8)15(11,13)14/h4-7H,2-3H2,1H3,(H2,11,13,14). The molecule has 1 aromatic carbocycles. The second-order valence-electron chi connectivity index (χ2n) is 3.24. The first-order valence-electron chi connectivity index (χ1n) is 4.61. The quantitative estimate of drug-likeness (QED) is 0.788. The molecule has 15 heavy (non-hydrogen) atoms. The first kappa shape index (κ1) is 11.9. The molecule has 0 amide bonds. The predicted octanol–water partition coefficient (Wildman–Crippen LogP) is 1.32. The number of hydrogen-bond acceptors (Lipinski definition) is 3. The molecule has 0 aromatic heterocycles. The molecule has 5 heteroatoms. The van der Waals surface area contributed by atoms with Gasteiger partial charge in [-0.2, -0.15) is 0 Å². The van der Waals surface area contributed by atoms with E-state index in [-0.39, 0.29) is 10.7 Å². The summed E-state index contributed by atoms with van der Waals surface area (Å²) in [7, 11) is -3.67. The van der Waals surface area contributed by atoms with E-state index in [1.165, 1.54) is 24.3 Å². The van der Waals surface area contributed by atoms with Crippen molar-refractivity contribution in [1.82, 2.24) is 0 Å². The van der Waals surface area contributed by atoms with E-state index in [1.807, 2.05) is 6.92 Å². The maximum Gasteiger partial charge on any atom is 0.238 e. The number of sulfonamides is 1. The lowest BCUT2D eigenvalue weighted by molar-refractivity contribution is 0.0981. The van der Waals surface area contributed by atoms with Crippen molar-refractivity contribution in [2.45, 2.75) is 24.7 Å². The highest BCUT2D eigenvalue weighted by atomic mass is 32.2. The second-order valence-corrected chi connectivity index (χ2v) is 4.80. The van der Waals surface area contributed by atoms with Crippen molar-refractivity contribution < 1.29 is 13.2 Å². The maximum absolute atomic E-state index is 11.4. The van der Waals surface area contributed by atoms with Crippen LogP contribution in [0.5, 0.6) is 0 Å². The molecule has 1 aromatic rings. The third kappa shape index (κ3) is 3.14. The molecule has 0 saturated heterocycles. The van der Waals surface area contributed by atoms with Gasteiger partial charge in [-0.05, 0) is 18.6 Å². The van der Waals surface area contributed by atoms with Gasteiger partial charge >= 0.3 is 0 Å². The molecule has 2 N–H and O–H groups in total. The Labute approximate surface area is 89.2 Å². The van der Waals surface area contributed by atoms with Crippen LogP contribution in [0.15, 0.2) is 29.2 Å². The fraction of sp³-hybridized carbons (Fsp3) is 0.300. The Kier molecular flexibility index (Phi) is 3.60. The molecule has 1 rings (SSSR count). The third-order valence-electron chi connectivity index (χ3n) is 1.98. The van der Waals surface area contributed by atoms with Crippen molar-refractivity contribution in [3.63, 3.8) is 0 Å². The van der Waals surface area contributed by atoms with Crippen LogP contribution in [-0.4, -0.2) is 14.2 Å². The molecule has 0 bridgehead atoms. The lowest BCUT2D eigenvalue weighted by Gasteiger charge is -2.01. The third-order valence-corrected chi connectivity index (χ3v) is 2.91. The van der Waals surface area contributed by atoms with E-state index < -0.39 is 10.0 Å². The summed E-state index contributed by atoms with van der Waals surface area (Å²) in [5.74, 6) is 0.0125. The highest BCUT2D eigenvalue weighted by molar-refractivity contribution is 7.89. The normalized spacial score (nSPS) is 11.3. The lowest BCUT2D eigenvalue weighted by Crippen LogP contribution is -2.12. The van der Waals surface area contributed by atoms with Gasteiger partial charge in [-0.25, -0.2) is 13.6 Å². The summed E-state index contributed by atoms with van der Waals surface area (Å²) in [6.45, 7) is 1.91. The number of nitrogens with two attached hydrogens (primary N) is 1. The molecule has 0 heterocycles. The Morgan fingerprint density at radius 3 is 2.20 bits per heavy atom. The molecule has 4 nitrogen and oxygen atoms in total. The van der Waals surface area contributed by atoms with E-state index in [4.69, 9.17) is 5.14 Å². The molecule has 0 spiro atoms. The van der Waals surface area contributed by atoms with Crippen LogP contribution >= 0.6 is 0 Å². The Bertz CT molecular complexity index is 448. The molecule has 0 atom stereocenters. The van der Waals surface area contributed by atoms with Crippen LogP contribution in [0, 0.1) is 0 Å². The minimum absolute atomic E-state index is 0.0125. The van der Waals surface area contributed by atoms with Gasteiger partial charge in [0.1, 0.15) is 0 Å². The molecule has 0 fully saturated rings. The van der Waals surface area contributed by atoms with Crippen molar-refractivity contribution in [3.05, 3.63) is 29.8 Å². The fourth-order valence-corrected chi connectivity index (χ4v) is 1.72. The van der Waals surface area contributed by atoms with E-state index in [0.29, 0.717) is 12.0 Å². The number of Topliss-reactive ketones (excluding diaryl/α,β-unsaturated/α-hetero) is 1. The number of primary sulfonamides is 1. The number of carbonyl (C=O) groups excluding carboxylic acids is 1. The lowest BCUT2D eigenvalue weighted by atomic mass is 10.1. The smallest absolute Gasteiger partial charge is 0.238 e. The Balaban J connectivity index is 2.96. The van der Waals surface area contributed by atoms with E-state index in [0.717, 1.165) is 6.42 Å². The van der Waals surface area contributed by atoms with E-state index in [9.17, 15) is 13.2 Å². The zero-order chi connectivity index (χ0) is 11.5. The summed E-state index contributed by atoms with van der Waals surface area (Å²) in [4.78, 5) is 11.4. The van der Waals surface area contributed by atoms with Crippen LogP contribution < -0.4 is 5.14 Å². The zero-order valence-electron chi connectivity index (χ0n) is 8.43. The van der Waals surface area contributed by atoms with E-state index in [1.54, 1.807) is 0 Å². The van der Waals surface area contributed by atoms with Crippen molar-refractivity contribution in [1.29, 1.82) is 0 Å². The molecule has 0 radical (unpaired) electrons. The highest BCUT2D eigenvalue weighted by Gasteiger charge is 2.09. The summed E-state index contributed by atoms with van der Waals surface area (Å²) in [5, 5.41) is 4.93. The first-order valence-corrected chi connectivity index (χ1v) is 6.16. The molecule has 0 aliphatic heterocycles. The minimum atomic E-state index is -3.67. The second kappa shape index (κ2) is 4.55. The Hall–Kier alpha value is -1.20. The van der Waals surface area contributed by atoms with Crippen LogP contribution in [0.1, 0.15) is 30.1 Å². The van der Waals surface area contributed by atoms with Crippen molar-refractivity contribution in [3.8, 4) is 0 Å². The Morgan fingerprint density at radius 1 is 1.27 bits per heavy atom. The van der Waals surface area contributed by atoms with Crippen LogP contribution in [0.4, 0.5) is 0 Å². The topological polar surface area (TPSA) is 77.2 Å². The zero-order valence-corrected chi connectivity index (χ0v) is 9.25. The minimum Gasteiger partial charge on any atom is -0.294 e. The number of carbonyl (C=O) groups is 1. The van der Waals surface area contributed by atoms with Gasteiger partial charge in [-0.1, -0.05) is 19.1 Å². The van der Waals surface area contributed by atoms with Crippen molar-refractivity contribution in [2.75, 3.05) is 0 Å². The van der Waals surface area contributed by atoms with E-state index >= 15 is 0 Å². The van der Waals surface area contributed by atoms with Gasteiger partial charge in [0.15, 0.2) is 5.78 Å². The Morgan fingerprint density at radius 2 is 1.80 bits per heavy atom. The molecular formula is C10H13NO3S. The van der Waals surface area contributed by atoms with Gasteiger partial charge in [0.25, 0.3) is 0 Å². The van der Waals surface area contributed by atoms with Crippen LogP contribution in [0.2, 0.25) is 0 Å². The van der Waals surface area contributed by atoms with Crippen molar-refractivity contribution >= 4 is 15.8 Å². The number of rotatable bonds is 4. The average molecular weight is 227 g/mol. The molecule has 0 unspecified atom stereocenters. The largest absolute Gasteiger partial charge is 0.294 e. The monoisotopic (exact) mass is 227 g/mol. The van der Waals surface area contributed by atoms with Gasteiger partial charge < -0.3 is 0 Å². The number of hydrogen-bond donors (Lipinski definition) is 1. The SMILES string of the molecule is CCCC(=O)c1ccc(S(N)(=O)=O)cc1. The predicted molar refractivity (Wildman–Crippen MR) is 57.1 cm³/mol. The summed E-state index contributed by atoms with van der Waals surface area (Å²) < 4.78 is 21.9. The maximum atomic E-state index is 11.4. The highest BCUT2D eigenvalue weighted by Crippen LogP contribution is 2.10. The summed E-state index contributed by atoms with van der Waals surface area (Å²) in [6.07, 6.45) is 1.24. The van der Waals surface area contributed by atoms with Gasteiger partial charge in [-0.15, -0.1) is 0 Å². The van der Waals surface area contributed by atoms with Gasteiger partial charge in [0.2, 0.25) is 10.0 Å². The summed E-state index contributed by atoms with van der Waals surface area (Å²) >= 11 is 0. The van der Waals surface area contributed by atoms with E-state index in [2.05, 4.69) is 0 Å². The number of ketones is 1. The van der Waals surface area contributed by atoms with Gasteiger partial charge in [0.05, 0.1) is 4.90 Å². The number of benzene rings is 1. The van der Waals surface area contributed by atoms with Crippen LogP contribution in [0.25, 0.3) is 0 Å². The average Bonchev–Trinajstić information content (AvgIpc) is 2.17. The molecule has 82 valence electrons. The summed E-state index contributed by atoms with van der Waals surface area (Å²) in [6, 6.07) is 5.66.